The summed E-state index contributed by atoms with van der Waals surface area (Å²) in [5.74, 6) is -1.37. The highest BCUT2D eigenvalue weighted by atomic mass is 19.1. The highest BCUT2D eigenvalue weighted by molar-refractivity contribution is 6.39. The predicted octanol–water partition coefficient (Wildman–Crippen LogP) is 1.86. The van der Waals surface area contributed by atoms with Crippen LogP contribution < -0.4 is 5.32 Å². The van der Waals surface area contributed by atoms with Gasteiger partial charge >= 0.3 is 11.8 Å². The summed E-state index contributed by atoms with van der Waals surface area (Å²) in [6, 6.07) is 7.49. The van der Waals surface area contributed by atoms with Crippen molar-refractivity contribution in [3.63, 3.8) is 0 Å². The zero-order valence-electron chi connectivity index (χ0n) is 12.7. The highest BCUT2D eigenvalue weighted by Gasteiger charge is 2.33. The van der Waals surface area contributed by atoms with E-state index < -0.39 is 11.8 Å². The Hall–Kier alpha value is -2.70. The average molecular weight is 316 g/mol. The third kappa shape index (κ3) is 3.23. The molecule has 120 valence electrons. The van der Waals surface area contributed by atoms with E-state index in [4.69, 9.17) is 0 Å². The summed E-state index contributed by atoms with van der Waals surface area (Å²) in [4.78, 5) is 26.0. The molecule has 2 amide bonds. The first-order valence-electron chi connectivity index (χ1n) is 7.41. The molecule has 1 aromatic heterocycles. The van der Waals surface area contributed by atoms with Gasteiger partial charge in [0, 0.05) is 25.9 Å². The van der Waals surface area contributed by atoms with Crippen LogP contribution in [-0.4, -0.2) is 33.0 Å². The molecule has 1 aromatic carbocycles. The number of hydrogen-bond donors (Lipinski definition) is 1. The van der Waals surface area contributed by atoms with Crippen LogP contribution in [0.4, 0.5) is 10.2 Å². The predicted molar refractivity (Wildman–Crippen MR) is 81.9 cm³/mol. The molecule has 23 heavy (non-hydrogen) atoms. The van der Waals surface area contributed by atoms with Gasteiger partial charge in [-0.15, -0.1) is 0 Å². The number of nitrogens with zero attached hydrogens (tertiary/aromatic N) is 3. The molecule has 1 aliphatic rings. The lowest BCUT2D eigenvalue weighted by atomic mass is 10.0. The Kier molecular flexibility index (Phi) is 4.10. The summed E-state index contributed by atoms with van der Waals surface area (Å²) in [6.45, 7) is 0.482. The molecule has 3 rings (SSSR count). The lowest BCUT2D eigenvalue weighted by molar-refractivity contribution is -0.143. The van der Waals surface area contributed by atoms with Gasteiger partial charge in [0.25, 0.3) is 0 Å². The van der Waals surface area contributed by atoms with Crippen LogP contribution >= 0.6 is 0 Å². The van der Waals surface area contributed by atoms with E-state index in [9.17, 15) is 14.0 Å². The minimum absolute atomic E-state index is 0.271. The van der Waals surface area contributed by atoms with Gasteiger partial charge in [-0.2, -0.15) is 5.10 Å². The molecule has 0 radical (unpaired) electrons. The number of nitrogens with one attached hydrogen (secondary N) is 1. The maximum Gasteiger partial charge on any atom is 0.315 e. The number of anilines is 1. The third-order valence-corrected chi connectivity index (χ3v) is 3.90. The van der Waals surface area contributed by atoms with Gasteiger partial charge in [-0.3, -0.25) is 14.3 Å². The van der Waals surface area contributed by atoms with E-state index in [0.29, 0.717) is 24.3 Å². The molecule has 1 aliphatic heterocycles. The molecule has 1 fully saturated rings. The molecule has 0 bridgehead atoms. The Morgan fingerprint density at radius 1 is 1.35 bits per heavy atom. The molecule has 1 saturated heterocycles. The highest BCUT2D eigenvalue weighted by Crippen LogP contribution is 2.32. The van der Waals surface area contributed by atoms with E-state index in [1.807, 2.05) is 0 Å². The van der Waals surface area contributed by atoms with E-state index in [1.165, 1.54) is 21.7 Å². The van der Waals surface area contributed by atoms with Crippen LogP contribution in [0.25, 0.3) is 0 Å². The lowest BCUT2D eigenvalue weighted by Crippen LogP contribution is -2.39. The fraction of sp³-hybridized carbons (Fsp3) is 0.312. The van der Waals surface area contributed by atoms with E-state index in [2.05, 4.69) is 10.4 Å². The Morgan fingerprint density at radius 3 is 2.87 bits per heavy atom. The van der Waals surface area contributed by atoms with Gasteiger partial charge in [0.05, 0.1) is 6.04 Å². The fourth-order valence-electron chi connectivity index (χ4n) is 2.85. The second-order valence-electron chi connectivity index (χ2n) is 5.54. The summed E-state index contributed by atoms with van der Waals surface area (Å²) in [7, 11) is 1.72. The van der Waals surface area contributed by atoms with Gasteiger partial charge in [-0.25, -0.2) is 4.39 Å². The molecule has 6 nitrogen and oxygen atoms in total. The van der Waals surface area contributed by atoms with Crippen LogP contribution in [0.3, 0.4) is 0 Å². The van der Waals surface area contributed by atoms with Crippen molar-refractivity contribution in [3.8, 4) is 0 Å². The van der Waals surface area contributed by atoms with Crippen molar-refractivity contribution in [2.75, 3.05) is 11.9 Å². The zero-order valence-corrected chi connectivity index (χ0v) is 12.7. The van der Waals surface area contributed by atoms with Crippen LogP contribution in [0.15, 0.2) is 36.5 Å². The molecule has 0 unspecified atom stereocenters. The largest absolute Gasteiger partial charge is 0.327 e. The van der Waals surface area contributed by atoms with Crippen molar-refractivity contribution in [2.45, 2.75) is 18.9 Å². The van der Waals surface area contributed by atoms with Crippen molar-refractivity contribution in [1.29, 1.82) is 0 Å². The standard InChI is InChI=1S/C16H17FN4O2/c1-20-9-7-14(19-20)18-15(22)16(23)21-8-3-6-13(21)11-4-2-5-12(17)10-11/h2,4-5,7,9-10,13H,3,6,8H2,1H3,(H,18,19,22)/t13-/m0/s1. The molecule has 1 N–H and O–H groups in total. The van der Waals surface area contributed by atoms with Gasteiger partial charge in [0.15, 0.2) is 5.82 Å². The van der Waals surface area contributed by atoms with Crippen LogP contribution in [0.2, 0.25) is 0 Å². The number of likely N-dealkylation sites (tertiary alicyclic amines) is 1. The van der Waals surface area contributed by atoms with Crippen LogP contribution in [0, 0.1) is 5.82 Å². The summed E-state index contributed by atoms with van der Waals surface area (Å²) in [5, 5.41) is 6.50. The van der Waals surface area contributed by atoms with E-state index in [-0.39, 0.29) is 11.9 Å². The number of halogens is 1. The summed E-state index contributed by atoms with van der Waals surface area (Å²) >= 11 is 0. The topological polar surface area (TPSA) is 67.2 Å². The Balaban J connectivity index is 1.74. The molecule has 2 aromatic rings. The maximum absolute atomic E-state index is 13.4. The second kappa shape index (κ2) is 6.20. The number of aromatic nitrogens is 2. The average Bonchev–Trinajstić information content (AvgIpc) is 3.15. The molecule has 7 heteroatoms. The first-order valence-corrected chi connectivity index (χ1v) is 7.41. The van der Waals surface area contributed by atoms with Crippen molar-refractivity contribution in [2.24, 2.45) is 7.05 Å². The van der Waals surface area contributed by atoms with Gasteiger partial charge in [-0.05, 0) is 30.5 Å². The van der Waals surface area contributed by atoms with E-state index >= 15 is 0 Å². The van der Waals surface area contributed by atoms with Crippen LogP contribution in [0.1, 0.15) is 24.4 Å². The number of benzene rings is 1. The molecule has 0 saturated carbocycles. The minimum atomic E-state index is -0.730. The number of hydrogen-bond acceptors (Lipinski definition) is 3. The van der Waals surface area contributed by atoms with Crippen LogP contribution in [-0.2, 0) is 16.6 Å². The minimum Gasteiger partial charge on any atom is -0.327 e. The first kappa shape index (κ1) is 15.2. The quantitative estimate of drug-likeness (QED) is 0.860. The maximum atomic E-state index is 13.4. The Bertz CT molecular complexity index is 743. The number of aryl methyl sites for hydroxylation is 1. The third-order valence-electron chi connectivity index (χ3n) is 3.90. The van der Waals surface area contributed by atoms with E-state index in [1.54, 1.807) is 31.4 Å². The molecule has 0 spiro atoms. The monoisotopic (exact) mass is 316 g/mol. The van der Waals surface area contributed by atoms with Crippen molar-refractivity contribution in [1.82, 2.24) is 14.7 Å². The summed E-state index contributed by atoms with van der Waals surface area (Å²) in [5.41, 5.74) is 0.710. The number of carbonyl (C=O) groups excluding carboxylic acids is 2. The van der Waals surface area contributed by atoms with Gasteiger partial charge in [0.1, 0.15) is 5.82 Å². The van der Waals surface area contributed by atoms with Crippen molar-refractivity contribution < 1.29 is 14.0 Å². The molecule has 0 aliphatic carbocycles. The van der Waals surface area contributed by atoms with Gasteiger partial charge in [0.2, 0.25) is 0 Å². The first-order chi connectivity index (χ1) is 11.0. The van der Waals surface area contributed by atoms with Crippen molar-refractivity contribution in [3.05, 3.63) is 47.9 Å². The number of carbonyl (C=O) groups is 2. The molecular weight excluding hydrogens is 299 g/mol. The SMILES string of the molecule is Cn1ccc(NC(=O)C(=O)N2CCC[C@H]2c2cccc(F)c2)n1. The lowest BCUT2D eigenvalue weighted by Gasteiger charge is -2.24. The molecule has 1 atom stereocenters. The number of rotatable bonds is 2. The Morgan fingerprint density at radius 2 is 2.17 bits per heavy atom. The fourth-order valence-corrected chi connectivity index (χ4v) is 2.85. The zero-order chi connectivity index (χ0) is 16.4. The van der Waals surface area contributed by atoms with Gasteiger partial charge in [-0.1, -0.05) is 12.1 Å². The van der Waals surface area contributed by atoms with Gasteiger partial charge < -0.3 is 10.2 Å². The summed E-state index contributed by atoms with van der Waals surface area (Å²) < 4.78 is 14.9. The molecule has 2 heterocycles. The number of amides is 2. The van der Waals surface area contributed by atoms with Crippen molar-refractivity contribution >= 4 is 17.6 Å². The Labute approximate surface area is 132 Å². The van der Waals surface area contributed by atoms with E-state index in [0.717, 1.165) is 6.42 Å². The second-order valence-corrected chi connectivity index (χ2v) is 5.54. The normalized spacial score (nSPS) is 17.3. The van der Waals surface area contributed by atoms with Crippen LogP contribution in [0.5, 0.6) is 0 Å². The molecular formula is C16H17FN4O2. The smallest absolute Gasteiger partial charge is 0.315 e. The summed E-state index contributed by atoms with van der Waals surface area (Å²) in [6.07, 6.45) is 3.17.